The molecule has 0 radical (unpaired) electrons. The molecule has 192 valence electrons. The van der Waals surface area contributed by atoms with Gasteiger partial charge in [0.2, 0.25) is 0 Å². The van der Waals surface area contributed by atoms with Crippen molar-refractivity contribution in [3.8, 4) is 11.5 Å². The largest absolute Gasteiger partial charge is 0.507 e. The molecule has 0 spiro atoms. The van der Waals surface area contributed by atoms with Crippen LogP contribution in [0.4, 0.5) is 14.5 Å². The number of aliphatic hydroxyl groups excluding tert-OH is 1. The highest BCUT2D eigenvalue weighted by Gasteiger charge is 2.47. The van der Waals surface area contributed by atoms with Crippen LogP contribution in [0.3, 0.4) is 0 Å². The summed E-state index contributed by atoms with van der Waals surface area (Å²) in [6.07, 6.45) is 0. The van der Waals surface area contributed by atoms with E-state index in [2.05, 4.69) is 0 Å². The predicted octanol–water partition coefficient (Wildman–Crippen LogP) is 6.26. The lowest BCUT2D eigenvalue weighted by Crippen LogP contribution is -2.29. The Morgan fingerprint density at radius 1 is 1.00 bits per heavy atom. The summed E-state index contributed by atoms with van der Waals surface area (Å²) in [6.45, 7) is 5.86. The first-order valence-electron chi connectivity index (χ1n) is 11.3. The zero-order chi connectivity index (χ0) is 27.2. The van der Waals surface area contributed by atoms with Crippen LogP contribution in [0.1, 0.15) is 43.5 Å². The maximum absolute atomic E-state index is 14.1. The molecule has 0 aromatic heterocycles. The summed E-state index contributed by atoms with van der Waals surface area (Å²) < 4.78 is 33.2. The maximum atomic E-state index is 14.1. The highest BCUT2D eigenvalue weighted by molar-refractivity contribution is 6.51. The van der Waals surface area contributed by atoms with Crippen LogP contribution >= 0.6 is 11.6 Å². The number of nitrogens with zero attached hydrogens (tertiary/aromatic N) is 1. The van der Waals surface area contributed by atoms with E-state index < -0.39 is 35.1 Å². The Bertz CT molecular complexity index is 1460. The quantitative estimate of drug-likeness (QED) is 0.238. The van der Waals surface area contributed by atoms with E-state index in [1.165, 1.54) is 25.3 Å². The van der Waals surface area contributed by atoms with Crippen LogP contribution < -0.4 is 9.64 Å². The van der Waals surface area contributed by atoms with Gasteiger partial charge in [-0.3, -0.25) is 14.5 Å². The fourth-order valence-electron chi connectivity index (χ4n) is 4.34. The number of rotatable bonds is 4. The third-order valence-electron chi connectivity index (χ3n) is 6.19. The van der Waals surface area contributed by atoms with E-state index in [0.29, 0.717) is 5.75 Å². The van der Waals surface area contributed by atoms with E-state index in [0.717, 1.165) is 28.7 Å². The van der Waals surface area contributed by atoms with E-state index in [9.17, 15) is 28.6 Å². The van der Waals surface area contributed by atoms with Crippen molar-refractivity contribution >= 4 is 34.7 Å². The molecule has 0 bridgehead atoms. The first kappa shape index (κ1) is 26.2. The van der Waals surface area contributed by atoms with Crippen molar-refractivity contribution < 1.29 is 33.3 Å². The lowest BCUT2D eigenvalue weighted by atomic mass is 9.84. The number of carbonyl (C=O) groups excluding carboxylic acids is 2. The Morgan fingerprint density at radius 3 is 2.30 bits per heavy atom. The van der Waals surface area contributed by atoms with Crippen LogP contribution in [-0.4, -0.2) is 29.0 Å². The van der Waals surface area contributed by atoms with Gasteiger partial charge in [0.15, 0.2) is 11.6 Å². The van der Waals surface area contributed by atoms with Gasteiger partial charge < -0.3 is 14.9 Å². The minimum atomic E-state index is -1.25. The Morgan fingerprint density at radius 2 is 1.70 bits per heavy atom. The molecule has 1 atom stereocenters. The molecule has 1 heterocycles. The van der Waals surface area contributed by atoms with Crippen LogP contribution in [0.25, 0.3) is 5.76 Å². The van der Waals surface area contributed by atoms with E-state index in [1.807, 2.05) is 20.8 Å². The molecule has 3 aromatic rings. The number of Topliss-reactive ketones (excluding diaryl/α,β-unsaturated/α-hetero) is 1. The van der Waals surface area contributed by atoms with E-state index in [4.69, 9.17) is 16.3 Å². The molecule has 1 fully saturated rings. The molecule has 3 aromatic carbocycles. The molecule has 6 nitrogen and oxygen atoms in total. The summed E-state index contributed by atoms with van der Waals surface area (Å²) >= 11 is 6.11. The van der Waals surface area contributed by atoms with Gasteiger partial charge in [0.25, 0.3) is 11.7 Å². The topological polar surface area (TPSA) is 87.1 Å². The van der Waals surface area contributed by atoms with Crippen LogP contribution in [0.5, 0.6) is 11.5 Å². The molecular formula is C28H24ClF2NO5. The standard InChI is InChI=1S/C28H24ClF2NO5/c1-28(2,3)17-11-15(6-10-22(17)37-4)25(34)23-24(14-5-9-21(33)18(29)12-14)32(27(36)26(23)35)16-7-8-19(30)20(31)13-16/h5-13,24,33-34H,1-4H3/b25-23-. The molecule has 1 amide bonds. The van der Waals surface area contributed by atoms with Gasteiger partial charge in [0, 0.05) is 22.9 Å². The molecule has 2 N–H and O–H groups in total. The van der Waals surface area contributed by atoms with Crippen molar-refractivity contribution in [1.82, 2.24) is 0 Å². The fraction of sp³-hybridized carbons (Fsp3) is 0.214. The number of amides is 1. The minimum absolute atomic E-state index is 0.0622. The van der Waals surface area contributed by atoms with E-state index >= 15 is 0 Å². The smallest absolute Gasteiger partial charge is 0.300 e. The average molecular weight is 528 g/mol. The molecular weight excluding hydrogens is 504 g/mol. The van der Waals surface area contributed by atoms with Crippen molar-refractivity contribution in [2.45, 2.75) is 32.2 Å². The fourth-order valence-corrected chi connectivity index (χ4v) is 4.53. The Balaban J connectivity index is 1.99. The molecule has 0 aliphatic carbocycles. The van der Waals surface area contributed by atoms with Gasteiger partial charge in [-0.1, -0.05) is 38.4 Å². The molecule has 1 saturated heterocycles. The van der Waals surface area contributed by atoms with E-state index in [-0.39, 0.29) is 38.6 Å². The summed E-state index contributed by atoms with van der Waals surface area (Å²) in [6, 6.07) is 10.4. The Labute approximate surface area is 217 Å². The molecule has 1 aliphatic rings. The van der Waals surface area contributed by atoms with E-state index in [1.54, 1.807) is 18.2 Å². The number of phenols is 1. The van der Waals surface area contributed by atoms with Crippen molar-refractivity contribution in [1.29, 1.82) is 0 Å². The van der Waals surface area contributed by atoms with Crippen LogP contribution in [0.2, 0.25) is 5.02 Å². The first-order valence-corrected chi connectivity index (χ1v) is 11.7. The van der Waals surface area contributed by atoms with Gasteiger partial charge in [-0.15, -0.1) is 0 Å². The van der Waals surface area contributed by atoms with Crippen molar-refractivity contribution in [3.05, 3.63) is 93.5 Å². The number of hydrogen-bond donors (Lipinski definition) is 2. The zero-order valence-electron chi connectivity index (χ0n) is 20.5. The van der Waals surface area contributed by atoms with Gasteiger partial charge in [0.05, 0.1) is 23.7 Å². The van der Waals surface area contributed by atoms with Crippen LogP contribution in [-0.2, 0) is 15.0 Å². The second kappa shape index (κ2) is 9.52. The Kier molecular flexibility index (Phi) is 6.73. The Hall–Kier alpha value is -3.91. The molecule has 37 heavy (non-hydrogen) atoms. The number of benzene rings is 3. The number of aliphatic hydroxyl groups is 1. The SMILES string of the molecule is COc1ccc(/C(O)=C2/C(=O)C(=O)N(c3ccc(F)c(F)c3)C2c2ccc(O)c(Cl)c2)cc1C(C)(C)C. The normalized spacial score (nSPS) is 17.4. The number of anilines is 1. The molecule has 4 rings (SSSR count). The van der Waals surface area contributed by atoms with Crippen molar-refractivity contribution in [3.63, 3.8) is 0 Å². The number of hydrogen-bond acceptors (Lipinski definition) is 5. The number of phenolic OH excluding ortho intramolecular Hbond substituents is 1. The van der Waals surface area contributed by atoms with Crippen LogP contribution in [0.15, 0.2) is 60.2 Å². The summed E-state index contributed by atoms with van der Waals surface area (Å²) in [7, 11) is 1.52. The summed E-state index contributed by atoms with van der Waals surface area (Å²) in [5, 5.41) is 21.2. The predicted molar refractivity (Wildman–Crippen MR) is 136 cm³/mol. The molecule has 0 saturated carbocycles. The van der Waals surface area contributed by atoms with Crippen molar-refractivity contribution in [2.24, 2.45) is 0 Å². The number of methoxy groups -OCH3 is 1. The average Bonchev–Trinajstić information content (AvgIpc) is 3.11. The van der Waals surface area contributed by atoms with Crippen LogP contribution in [0, 0.1) is 11.6 Å². The summed E-state index contributed by atoms with van der Waals surface area (Å²) in [5.74, 6) is -4.54. The zero-order valence-corrected chi connectivity index (χ0v) is 21.2. The number of halogens is 3. The maximum Gasteiger partial charge on any atom is 0.300 e. The monoisotopic (exact) mass is 527 g/mol. The van der Waals surface area contributed by atoms with Gasteiger partial charge in [0.1, 0.15) is 17.3 Å². The van der Waals surface area contributed by atoms with Gasteiger partial charge in [-0.05, 0) is 53.4 Å². The second-order valence-corrected chi connectivity index (χ2v) is 10.1. The van der Waals surface area contributed by atoms with Crippen molar-refractivity contribution in [2.75, 3.05) is 12.0 Å². The lowest BCUT2D eigenvalue weighted by molar-refractivity contribution is -0.132. The number of carbonyl (C=O) groups is 2. The second-order valence-electron chi connectivity index (χ2n) is 9.64. The summed E-state index contributed by atoms with van der Waals surface area (Å²) in [4.78, 5) is 27.5. The minimum Gasteiger partial charge on any atom is -0.507 e. The third-order valence-corrected chi connectivity index (χ3v) is 6.50. The number of ketones is 1. The van der Waals surface area contributed by atoms with Gasteiger partial charge in [-0.2, -0.15) is 0 Å². The number of aromatic hydroxyl groups is 1. The summed E-state index contributed by atoms with van der Waals surface area (Å²) in [5.41, 5.74) is 0.504. The third kappa shape index (κ3) is 4.64. The lowest BCUT2D eigenvalue weighted by Gasteiger charge is -2.26. The molecule has 9 heteroatoms. The first-order chi connectivity index (χ1) is 17.3. The van der Waals surface area contributed by atoms with Gasteiger partial charge in [-0.25, -0.2) is 8.78 Å². The molecule has 1 aliphatic heterocycles. The highest BCUT2D eigenvalue weighted by Crippen LogP contribution is 2.44. The molecule has 1 unspecified atom stereocenters. The highest BCUT2D eigenvalue weighted by atomic mass is 35.5. The number of ether oxygens (including phenoxy) is 1. The van der Waals surface area contributed by atoms with Gasteiger partial charge >= 0.3 is 0 Å².